The van der Waals surface area contributed by atoms with Gasteiger partial charge < -0.3 is 4.90 Å². The van der Waals surface area contributed by atoms with E-state index in [1.54, 1.807) is 6.20 Å². The molecule has 1 fully saturated rings. The summed E-state index contributed by atoms with van der Waals surface area (Å²) in [6.07, 6.45) is 7.54. The summed E-state index contributed by atoms with van der Waals surface area (Å²) in [5, 5.41) is 12.4. The number of likely N-dealkylation sites (N-methyl/N-ethyl adjacent to an activating group) is 1. The van der Waals surface area contributed by atoms with Crippen molar-refractivity contribution in [2.45, 2.75) is 18.6 Å². The Bertz CT molecular complexity index is 505. The number of nitrogens with zero attached hydrogens (tertiary/aromatic N) is 7. The molecule has 0 saturated carbocycles. The Morgan fingerprint density at radius 2 is 2.05 bits per heavy atom. The van der Waals surface area contributed by atoms with Crippen molar-refractivity contribution in [3.63, 3.8) is 0 Å². The maximum atomic E-state index is 4.25. The molecule has 0 N–H and O–H groups in total. The van der Waals surface area contributed by atoms with Crippen LogP contribution in [0.5, 0.6) is 0 Å². The molecule has 108 valence electrons. The van der Waals surface area contributed by atoms with Gasteiger partial charge in [-0.25, -0.2) is 4.68 Å². The summed E-state index contributed by atoms with van der Waals surface area (Å²) in [7, 11) is 4.26. The Labute approximate surface area is 118 Å². The van der Waals surface area contributed by atoms with Crippen LogP contribution in [0.2, 0.25) is 0 Å². The monoisotopic (exact) mass is 275 g/mol. The van der Waals surface area contributed by atoms with E-state index in [1.807, 2.05) is 34.0 Å². The molecule has 7 nitrogen and oxygen atoms in total. The van der Waals surface area contributed by atoms with E-state index in [4.69, 9.17) is 0 Å². The molecule has 0 aromatic carbocycles. The molecule has 0 aliphatic carbocycles. The van der Waals surface area contributed by atoms with E-state index in [1.165, 1.54) is 0 Å². The van der Waals surface area contributed by atoms with Gasteiger partial charge in [-0.1, -0.05) is 5.21 Å². The zero-order valence-electron chi connectivity index (χ0n) is 12.0. The SMILES string of the molecule is CN(C)[C@@H]1CN(CCn2cccn2)C[C@@H]1n1ccnn1. The van der Waals surface area contributed by atoms with E-state index in [0.717, 1.165) is 26.2 Å². The minimum absolute atomic E-state index is 0.366. The zero-order chi connectivity index (χ0) is 13.9. The van der Waals surface area contributed by atoms with Crippen LogP contribution >= 0.6 is 0 Å². The van der Waals surface area contributed by atoms with Crippen LogP contribution in [0.25, 0.3) is 0 Å². The second-order valence-electron chi connectivity index (χ2n) is 5.51. The van der Waals surface area contributed by atoms with Gasteiger partial charge in [-0.15, -0.1) is 5.10 Å². The fourth-order valence-corrected chi connectivity index (χ4v) is 2.87. The van der Waals surface area contributed by atoms with Gasteiger partial charge in [0.15, 0.2) is 0 Å². The molecule has 1 aliphatic rings. The maximum absolute atomic E-state index is 4.25. The number of likely N-dealkylation sites (tertiary alicyclic amines) is 1. The Morgan fingerprint density at radius 1 is 1.15 bits per heavy atom. The largest absolute Gasteiger partial charge is 0.303 e. The van der Waals surface area contributed by atoms with Gasteiger partial charge in [0.2, 0.25) is 0 Å². The number of rotatable bonds is 5. The third kappa shape index (κ3) is 2.73. The average molecular weight is 275 g/mol. The van der Waals surface area contributed by atoms with Crippen molar-refractivity contribution in [2.24, 2.45) is 0 Å². The molecule has 2 atom stereocenters. The van der Waals surface area contributed by atoms with Gasteiger partial charge in [0.1, 0.15) is 0 Å². The second-order valence-corrected chi connectivity index (χ2v) is 5.51. The van der Waals surface area contributed by atoms with Crippen molar-refractivity contribution in [3.8, 4) is 0 Å². The topological polar surface area (TPSA) is 55.0 Å². The molecule has 0 amide bonds. The van der Waals surface area contributed by atoms with Crippen LogP contribution in [-0.2, 0) is 6.54 Å². The maximum Gasteiger partial charge on any atom is 0.0830 e. The Morgan fingerprint density at radius 3 is 2.70 bits per heavy atom. The fraction of sp³-hybridized carbons (Fsp3) is 0.615. The summed E-state index contributed by atoms with van der Waals surface area (Å²) < 4.78 is 3.96. The highest BCUT2D eigenvalue weighted by Gasteiger charge is 2.35. The quantitative estimate of drug-likeness (QED) is 0.766. The summed E-state index contributed by atoms with van der Waals surface area (Å²) in [4.78, 5) is 4.75. The first-order valence-electron chi connectivity index (χ1n) is 6.96. The molecule has 0 bridgehead atoms. The summed E-state index contributed by atoms with van der Waals surface area (Å²) >= 11 is 0. The Kier molecular flexibility index (Phi) is 3.79. The predicted octanol–water partition coefficient (Wildman–Crippen LogP) is -0.0383. The first-order valence-corrected chi connectivity index (χ1v) is 6.96. The van der Waals surface area contributed by atoms with Crippen LogP contribution in [0.4, 0.5) is 0 Å². The third-order valence-electron chi connectivity index (χ3n) is 3.98. The highest BCUT2D eigenvalue weighted by atomic mass is 15.5. The van der Waals surface area contributed by atoms with Gasteiger partial charge in [-0.05, 0) is 20.2 Å². The minimum Gasteiger partial charge on any atom is -0.303 e. The van der Waals surface area contributed by atoms with Gasteiger partial charge in [0.05, 0.1) is 18.8 Å². The van der Waals surface area contributed by atoms with Crippen LogP contribution < -0.4 is 0 Å². The number of hydrogen-bond acceptors (Lipinski definition) is 5. The first kappa shape index (κ1) is 13.3. The summed E-state index contributed by atoms with van der Waals surface area (Å²) in [5.41, 5.74) is 0. The van der Waals surface area contributed by atoms with Gasteiger partial charge in [0.25, 0.3) is 0 Å². The highest BCUT2D eigenvalue weighted by Crippen LogP contribution is 2.24. The minimum atomic E-state index is 0.366. The summed E-state index contributed by atoms with van der Waals surface area (Å²) in [6.45, 7) is 4.00. The average Bonchev–Trinajstić information content (AvgIpc) is 3.17. The number of aromatic nitrogens is 5. The fourth-order valence-electron chi connectivity index (χ4n) is 2.87. The Hall–Kier alpha value is -1.73. The molecule has 0 unspecified atom stereocenters. The van der Waals surface area contributed by atoms with Gasteiger partial charge in [-0.2, -0.15) is 5.10 Å². The smallest absolute Gasteiger partial charge is 0.0830 e. The van der Waals surface area contributed by atoms with Crippen molar-refractivity contribution in [1.82, 2.24) is 34.6 Å². The van der Waals surface area contributed by atoms with Crippen molar-refractivity contribution in [1.29, 1.82) is 0 Å². The predicted molar refractivity (Wildman–Crippen MR) is 75.2 cm³/mol. The van der Waals surface area contributed by atoms with E-state index in [0.29, 0.717) is 12.1 Å². The molecule has 20 heavy (non-hydrogen) atoms. The lowest BCUT2D eigenvalue weighted by atomic mass is 10.1. The van der Waals surface area contributed by atoms with Gasteiger partial charge >= 0.3 is 0 Å². The Balaban J connectivity index is 1.64. The van der Waals surface area contributed by atoms with Crippen molar-refractivity contribution < 1.29 is 0 Å². The highest BCUT2D eigenvalue weighted by molar-refractivity contribution is 4.93. The molecule has 2 aromatic rings. The lowest BCUT2D eigenvalue weighted by Crippen LogP contribution is -2.36. The molecule has 7 heteroatoms. The summed E-state index contributed by atoms with van der Waals surface area (Å²) in [6, 6.07) is 2.80. The number of hydrogen-bond donors (Lipinski definition) is 0. The molecule has 0 spiro atoms. The molecule has 3 rings (SSSR count). The molecule has 2 aromatic heterocycles. The normalized spacial score (nSPS) is 23.8. The van der Waals surface area contributed by atoms with Gasteiger partial charge in [0, 0.05) is 44.3 Å². The molecule has 1 saturated heterocycles. The van der Waals surface area contributed by atoms with Crippen LogP contribution in [0.1, 0.15) is 6.04 Å². The molecule has 3 heterocycles. The van der Waals surface area contributed by atoms with Crippen LogP contribution in [-0.4, -0.2) is 74.3 Å². The van der Waals surface area contributed by atoms with Crippen molar-refractivity contribution in [3.05, 3.63) is 30.9 Å². The first-order chi connectivity index (χ1) is 9.74. The van der Waals surface area contributed by atoms with Gasteiger partial charge in [-0.3, -0.25) is 9.58 Å². The molecule has 0 radical (unpaired) electrons. The third-order valence-corrected chi connectivity index (χ3v) is 3.98. The molecular formula is C13H21N7. The van der Waals surface area contributed by atoms with Crippen molar-refractivity contribution in [2.75, 3.05) is 33.7 Å². The lowest BCUT2D eigenvalue weighted by molar-refractivity contribution is 0.237. The van der Waals surface area contributed by atoms with Crippen LogP contribution in [0, 0.1) is 0 Å². The van der Waals surface area contributed by atoms with E-state index in [9.17, 15) is 0 Å². The summed E-state index contributed by atoms with van der Waals surface area (Å²) in [5.74, 6) is 0. The zero-order valence-corrected chi connectivity index (χ0v) is 12.0. The van der Waals surface area contributed by atoms with E-state index in [2.05, 4.69) is 39.3 Å². The standard InChI is InChI=1S/C13H21N7/c1-17(2)12-10-18(8-9-19-6-3-4-15-19)11-13(12)20-7-5-14-16-20/h3-7,12-13H,8-11H2,1-2H3/t12-,13+/m1/s1. The molecular weight excluding hydrogens is 254 g/mol. The van der Waals surface area contributed by atoms with Crippen LogP contribution in [0.15, 0.2) is 30.9 Å². The van der Waals surface area contributed by atoms with Crippen molar-refractivity contribution >= 4 is 0 Å². The van der Waals surface area contributed by atoms with Crippen LogP contribution in [0.3, 0.4) is 0 Å². The van der Waals surface area contributed by atoms with E-state index < -0.39 is 0 Å². The van der Waals surface area contributed by atoms with E-state index in [-0.39, 0.29) is 0 Å². The second kappa shape index (κ2) is 5.72. The molecule has 1 aliphatic heterocycles. The lowest BCUT2D eigenvalue weighted by Gasteiger charge is -2.24. The van der Waals surface area contributed by atoms with E-state index >= 15 is 0 Å².